The van der Waals surface area contributed by atoms with Crippen LogP contribution in [0.1, 0.15) is 46.9 Å². The van der Waals surface area contributed by atoms with Gasteiger partial charge in [-0.05, 0) is 89.9 Å². The van der Waals surface area contributed by atoms with Crippen LogP contribution < -0.4 is 9.80 Å². The second-order valence-corrected chi connectivity index (χ2v) is 13.5. The lowest BCUT2D eigenvalue weighted by atomic mass is 9.88. The van der Waals surface area contributed by atoms with Crippen molar-refractivity contribution in [3.05, 3.63) is 204 Å². The molecule has 1 heterocycles. The number of rotatable bonds is 10. The lowest BCUT2D eigenvalue weighted by Gasteiger charge is -2.26. The molecule has 0 saturated heterocycles. The van der Waals surface area contributed by atoms with E-state index in [-0.39, 0.29) is 0 Å². The quantitative estimate of drug-likeness (QED) is 0.138. The Labute approximate surface area is 307 Å². The SMILES string of the molecule is C=N/C(=C\C(=NCN(C)c1cc(-c2ccc3c(c2)C2CC=CC=C2N3c2ccccc2)ccc1C1C=CC=CC1)c1ccccc1)c1ccccc1. The molecular formula is C48H42N4. The van der Waals surface area contributed by atoms with E-state index in [1.54, 1.807) is 0 Å². The molecule has 52 heavy (non-hydrogen) atoms. The van der Waals surface area contributed by atoms with Crippen LogP contribution in [0.4, 0.5) is 17.1 Å². The molecule has 0 amide bonds. The zero-order valence-corrected chi connectivity index (χ0v) is 29.5. The van der Waals surface area contributed by atoms with Crippen LogP contribution in [-0.2, 0) is 0 Å². The lowest BCUT2D eigenvalue weighted by molar-refractivity contribution is 0.820. The molecule has 4 nitrogen and oxygen atoms in total. The van der Waals surface area contributed by atoms with E-state index in [9.17, 15) is 0 Å². The van der Waals surface area contributed by atoms with Gasteiger partial charge in [0, 0.05) is 47.2 Å². The first-order chi connectivity index (χ1) is 25.7. The number of hydrogen-bond donors (Lipinski definition) is 0. The van der Waals surface area contributed by atoms with E-state index in [1.165, 1.54) is 45.0 Å². The predicted octanol–water partition coefficient (Wildman–Crippen LogP) is 11.7. The van der Waals surface area contributed by atoms with E-state index in [1.807, 2.05) is 30.3 Å². The fourth-order valence-electron chi connectivity index (χ4n) is 7.58. The second-order valence-electron chi connectivity index (χ2n) is 13.5. The van der Waals surface area contributed by atoms with Crippen LogP contribution in [0.2, 0.25) is 0 Å². The Kier molecular flexibility index (Phi) is 9.45. The van der Waals surface area contributed by atoms with Crippen molar-refractivity contribution in [1.82, 2.24) is 0 Å². The normalized spacial score (nSPS) is 17.8. The number of para-hydroxylation sites is 1. The van der Waals surface area contributed by atoms with Crippen molar-refractivity contribution in [2.45, 2.75) is 24.7 Å². The molecule has 2 unspecified atom stereocenters. The van der Waals surface area contributed by atoms with Crippen molar-refractivity contribution in [3.8, 4) is 11.1 Å². The maximum atomic E-state index is 5.23. The number of allylic oxidation sites excluding steroid dienone is 9. The summed E-state index contributed by atoms with van der Waals surface area (Å²) in [5.74, 6) is 0.634. The molecule has 5 aromatic carbocycles. The minimum Gasteiger partial charge on any atom is -0.355 e. The Balaban J connectivity index is 1.17. The Morgan fingerprint density at radius 3 is 2.17 bits per heavy atom. The van der Waals surface area contributed by atoms with Crippen LogP contribution in [-0.4, -0.2) is 26.1 Å². The Morgan fingerprint density at radius 1 is 0.750 bits per heavy atom. The zero-order chi connectivity index (χ0) is 35.3. The summed E-state index contributed by atoms with van der Waals surface area (Å²) in [5, 5.41) is 0. The number of hydrogen-bond acceptors (Lipinski definition) is 4. The fourth-order valence-corrected chi connectivity index (χ4v) is 7.58. The fraction of sp³-hybridized carbons (Fsp3) is 0.125. The van der Waals surface area contributed by atoms with Gasteiger partial charge in [0.05, 0.1) is 11.4 Å². The average Bonchev–Trinajstić information content (AvgIpc) is 3.55. The maximum absolute atomic E-state index is 5.23. The molecule has 0 radical (unpaired) electrons. The van der Waals surface area contributed by atoms with Crippen molar-refractivity contribution >= 4 is 35.2 Å². The molecule has 0 spiro atoms. The largest absolute Gasteiger partial charge is 0.355 e. The van der Waals surface area contributed by atoms with E-state index in [4.69, 9.17) is 4.99 Å². The third kappa shape index (κ3) is 6.63. The Morgan fingerprint density at radius 2 is 1.44 bits per heavy atom. The van der Waals surface area contributed by atoms with Crippen molar-refractivity contribution in [3.63, 3.8) is 0 Å². The molecule has 0 aromatic heterocycles. The van der Waals surface area contributed by atoms with Crippen LogP contribution in [0.15, 0.2) is 192 Å². The molecule has 1 aliphatic heterocycles. The Hall–Kier alpha value is -6.26. The summed E-state index contributed by atoms with van der Waals surface area (Å²) < 4.78 is 0. The summed E-state index contributed by atoms with van der Waals surface area (Å²) in [6, 6.07) is 45.2. The van der Waals surface area contributed by atoms with Crippen molar-refractivity contribution in [2.75, 3.05) is 23.5 Å². The second kappa shape index (κ2) is 14.9. The highest BCUT2D eigenvalue weighted by atomic mass is 15.2. The molecule has 0 bridgehead atoms. The standard InChI is InChI=1S/C48H42N4/c1-49-44(36-19-9-4-10-20-36)33-45(37-21-11-5-12-22-37)50-34-51(2)48-32-39(27-29-41(48)35-17-7-3-8-18-35)38-28-30-47-43(31-38)42-25-15-16-26-46(42)52(47)40-23-13-6-14-24-40/h3-17,19-24,26-33,35,42H,1,18,25,34H2,2H3/b44-33-,50-45?. The minimum atomic E-state index is 0.296. The minimum absolute atomic E-state index is 0.296. The van der Waals surface area contributed by atoms with Gasteiger partial charge in [-0.15, -0.1) is 0 Å². The molecular weight excluding hydrogens is 633 g/mol. The summed E-state index contributed by atoms with van der Waals surface area (Å²) in [6.07, 6.45) is 19.7. The van der Waals surface area contributed by atoms with Gasteiger partial charge in [-0.2, -0.15) is 0 Å². The highest BCUT2D eigenvalue weighted by Gasteiger charge is 2.35. The van der Waals surface area contributed by atoms with Gasteiger partial charge in [0.1, 0.15) is 6.67 Å². The van der Waals surface area contributed by atoms with Gasteiger partial charge in [0.25, 0.3) is 0 Å². The summed E-state index contributed by atoms with van der Waals surface area (Å²) in [4.78, 5) is 14.3. The van der Waals surface area contributed by atoms with Crippen molar-refractivity contribution in [2.24, 2.45) is 9.98 Å². The van der Waals surface area contributed by atoms with Gasteiger partial charge in [0.15, 0.2) is 0 Å². The highest BCUT2D eigenvalue weighted by molar-refractivity contribution is 6.12. The molecule has 5 aromatic rings. The van der Waals surface area contributed by atoms with Crippen LogP contribution >= 0.6 is 0 Å². The summed E-state index contributed by atoms with van der Waals surface area (Å²) in [5.41, 5.74) is 13.8. The third-order valence-corrected chi connectivity index (χ3v) is 10.2. The zero-order valence-electron chi connectivity index (χ0n) is 29.5. The van der Waals surface area contributed by atoms with Gasteiger partial charge in [-0.1, -0.05) is 134 Å². The average molecular weight is 675 g/mol. The number of aliphatic imine (C=N–C) groups is 2. The van der Waals surface area contributed by atoms with Gasteiger partial charge in [-0.25, -0.2) is 0 Å². The van der Waals surface area contributed by atoms with E-state index in [0.29, 0.717) is 18.5 Å². The monoisotopic (exact) mass is 674 g/mol. The molecule has 2 aliphatic carbocycles. The molecule has 3 aliphatic rings. The van der Waals surface area contributed by atoms with Crippen molar-refractivity contribution in [1.29, 1.82) is 0 Å². The van der Waals surface area contributed by atoms with E-state index >= 15 is 0 Å². The highest BCUT2D eigenvalue weighted by Crippen LogP contribution is 2.51. The summed E-state index contributed by atoms with van der Waals surface area (Å²) >= 11 is 0. The summed E-state index contributed by atoms with van der Waals surface area (Å²) in [6.45, 7) is 4.36. The Bertz CT molecular complexity index is 2260. The topological polar surface area (TPSA) is 31.2 Å². The number of nitrogens with zero attached hydrogens (tertiary/aromatic N) is 4. The van der Waals surface area contributed by atoms with E-state index in [2.05, 4.69) is 174 Å². The third-order valence-electron chi connectivity index (χ3n) is 10.2. The van der Waals surface area contributed by atoms with Crippen LogP contribution in [0.3, 0.4) is 0 Å². The van der Waals surface area contributed by atoms with Crippen LogP contribution in [0, 0.1) is 0 Å². The van der Waals surface area contributed by atoms with Gasteiger partial charge < -0.3 is 9.80 Å². The first-order valence-electron chi connectivity index (χ1n) is 18.1. The van der Waals surface area contributed by atoms with Gasteiger partial charge >= 0.3 is 0 Å². The summed E-state index contributed by atoms with van der Waals surface area (Å²) in [7, 11) is 2.15. The molecule has 4 heteroatoms. The van der Waals surface area contributed by atoms with E-state index < -0.39 is 0 Å². The smallest absolute Gasteiger partial charge is 0.110 e. The molecule has 0 fully saturated rings. The van der Waals surface area contributed by atoms with E-state index in [0.717, 1.165) is 35.4 Å². The first kappa shape index (κ1) is 32.9. The molecule has 0 N–H and O–H groups in total. The number of fused-ring (bicyclic) bond motifs is 3. The van der Waals surface area contributed by atoms with Crippen LogP contribution in [0.25, 0.3) is 16.8 Å². The molecule has 8 rings (SSSR count). The number of anilines is 3. The first-order valence-corrected chi connectivity index (χ1v) is 18.1. The molecule has 254 valence electrons. The number of benzene rings is 5. The lowest BCUT2D eigenvalue weighted by Crippen LogP contribution is -2.21. The maximum Gasteiger partial charge on any atom is 0.110 e. The van der Waals surface area contributed by atoms with Crippen LogP contribution in [0.5, 0.6) is 0 Å². The molecule has 0 saturated carbocycles. The van der Waals surface area contributed by atoms with Gasteiger partial charge in [-0.3, -0.25) is 9.98 Å². The molecule has 2 atom stereocenters. The predicted molar refractivity (Wildman–Crippen MR) is 221 cm³/mol. The van der Waals surface area contributed by atoms with Crippen molar-refractivity contribution < 1.29 is 0 Å². The van der Waals surface area contributed by atoms with Gasteiger partial charge in [0.2, 0.25) is 0 Å².